The number of methoxy groups -OCH3 is 1. The monoisotopic (exact) mass is 282 g/mol. The van der Waals surface area contributed by atoms with Gasteiger partial charge in [-0.1, -0.05) is 0 Å². The van der Waals surface area contributed by atoms with E-state index in [9.17, 15) is 0 Å². The summed E-state index contributed by atoms with van der Waals surface area (Å²) in [7, 11) is 3.47. The van der Waals surface area contributed by atoms with Crippen LogP contribution in [0.3, 0.4) is 0 Å². The van der Waals surface area contributed by atoms with Crippen LogP contribution in [-0.4, -0.2) is 68.1 Å². The van der Waals surface area contributed by atoms with Gasteiger partial charge in [0.25, 0.3) is 0 Å². The van der Waals surface area contributed by atoms with Crippen LogP contribution in [0.1, 0.15) is 6.92 Å². The molecular weight excluding hydrogens is 260 g/mol. The Morgan fingerprint density at radius 1 is 1.25 bits per heavy atom. The maximum absolute atomic E-state index is 5.34. The maximum Gasteiger partial charge on any atom is 0.232 e. The number of hydrogen-bond acceptors (Lipinski definition) is 8. The molecule has 0 amide bonds. The van der Waals surface area contributed by atoms with Crippen molar-refractivity contribution in [1.82, 2.24) is 15.0 Å². The maximum atomic E-state index is 5.34. The summed E-state index contributed by atoms with van der Waals surface area (Å²) in [6, 6.07) is 0. The van der Waals surface area contributed by atoms with Crippen molar-refractivity contribution in [3.8, 4) is 0 Å². The first-order chi connectivity index (χ1) is 9.72. The lowest BCUT2D eigenvalue weighted by atomic mass is 10.4. The van der Waals surface area contributed by atoms with Crippen LogP contribution >= 0.6 is 0 Å². The van der Waals surface area contributed by atoms with Crippen molar-refractivity contribution in [2.24, 2.45) is 0 Å². The predicted molar refractivity (Wildman–Crippen MR) is 77.4 cm³/mol. The average molecular weight is 282 g/mol. The highest BCUT2D eigenvalue weighted by Crippen LogP contribution is 2.14. The molecule has 1 saturated heterocycles. The number of aromatic nitrogens is 3. The van der Waals surface area contributed by atoms with Crippen LogP contribution in [0.2, 0.25) is 0 Å². The van der Waals surface area contributed by atoms with Gasteiger partial charge in [0.15, 0.2) is 0 Å². The first-order valence-electron chi connectivity index (χ1n) is 6.76. The zero-order valence-corrected chi connectivity index (χ0v) is 12.2. The highest BCUT2D eigenvalue weighted by molar-refractivity contribution is 5.43. The van der Waals surface area contributed by atoms with E-state index in [1.165, 1.54) is 0 Å². The molecule has 2 N–H and O–H groups in total. The first kappa shape index (κ1) is 14.7. The van der Waals surface area contributed by atoms with Crippen LogP contribution < -0.4 is 15.5 Å². The molecule has 0 aromatic carbocycles. The van der Waals surface area contributed by atoms with E-state index in [0.29, 0.717) is 37.6 Å². The standard InChI is InChI=1S/C12H22N6O2/c1-9(19-3)8-14-11-15-10(13-2)16-12(17-11)18-4-6-20-7-5-18/h9H,4-8H2,1-3H3,(H2,13,14,15,16,17). The summed E-state index contributed by atoms with van der Waals surface area (Å²) in [5.41, 5.74) is 0. The Morgan fingerprint density at radius 3 is 2.60 bits per heavy atom. The van der Waals surface area contributed by atoms with E-state index in [2.05, 4.69) is 30.5 Å². The lowest BCUT2D eigenvalue weighted by Gasteiger charge is -2.27. The molecule has 0 bridgehead atoms. The van der Waals surface area contributed by atoms with Crippen molar-refractivity contribution >= 4 is 17.8 Å². The molecule has 1 unspecified atom stereocenters. The van der Waals surface area contributed by atoms with E-state index in [1.807, 2.05) is 6.92 Å². The Labute approximate surface area is 118 Å². The van der Waals surface area contributed by atoms with Crippen molar-refractivity contribution in [2.75, 3.05) is 62.5 Å². The summed E-state index contributed by atoms with van der Waals surface area (Å²) in [4.78, 5) is 15.2. The van der Waals surface area contributed by atoms with Gasteiger partial charge in [0, 0.05) is 33.8 Å². The summed E-state index contributed by atoms with van der Waals surface area (Å²) in [6.07, 6.45) is 0.0941. The minimum absolute atomic E-state index is 0.0941. The van der Waals surface area contributed by atoms with Crippen LogP contribution in [-0.2, 0) is 9.47 Å². The van der Waals surface area contributed by atoms with Crippen LogP contribution in [0.4, 0.5) is 17.8 Å². The number of nitrogens with zero attached hydrogens (tertiary/aromatic N) is 4. The van der Waals surface area contributed by atoms with Crippen molar-refractivity contribution in [3.05, 3.63) is 0 Å². The Balaban J connectivity index is 2.10. The quantitative estimate of drug-likeness (QED) is 0.765. The summed E-state index contributed by atoms with van der Waals surface area (Å²) in [6.45, 7) is 5.61. The third-order valence-electron chi connectivity index (χ3n) is 3.09. The zero-order chi connectivity index (χ0) is 14.4. The van der Waals surface area contributed by atoms with Gasteiger partial charge in [-0.3, -0.25) is 0 Å². The molecule has 8 heteroatoms. The average Bonchev–Trinajstić information content (AvgIpc) is 2.53. The number of hydrogen-bond donors (Lipinski definition) is 2. The fraction of sp³-hybridized carbons (Fsp3) is 0.750. The molecule has 2 rings (SSSR count). The second kappa shape index (κ2) is 7.20. The van der Waals surface area contributed by atoms with E-state index < -0.39 is 0 Å². The second-order valence-electron chi connectivity index (χ2n) is 4.56. The minimum atomic E-state index is 0.0941. The molecule has 2 heterocycles. The molecule has 1 fully saturated rings. The molecule has 0 saturated carbocycles. The fourth-order valence-corrected chi connectivity index (χ4v) is 1.78. The lowest BCUT2D eigenvalue weighted by Crippen LogP contribution is -2.37. The van der Waals surface area contributed by atoms with Crippen molar-refractivity contribution in [3.63, 3.8) is 0 Å². The van der Waals surface area contributed by atoms with Gasteiger partial charge in [-0.15, -0.1) is 0 Å². The number of nitrogens with one attached hydrogen (secondary N) is 2. The zero-order valence-electron chi connectivity index (χ0n) is 12.2. The Hall–Kier alpha value is -1.67. The summed E-state index contributed by atoms with van der Waals surface area (Å²) >= 11 is 0. The molecule has 0 aliphatic carbocycles. The molecule has 1 aromatic heterocycles. The third-order valence-corrected chi connectivity index (χ3v) is 3.09. The summed E-state index contributed by atoms with van der Waals surface area (Å²) in [5.74, 6) is 1.77. The molecule has 20 heavy (non-hydrogen) atoms. The molecule has 8 nitrogen and oxygen atoms in total. The number of anilines is 3. The number of ether oxygens (including phenoxy) is 2. The third kappa shape index (κ3) is 3.91. The van der Waals surface area contributed by atoms with Gasteiger partial charge in [0.05, 0.1) is 19.3 Å². The van der Waals surface area contributed by atoms with Gasteiger partial charge in [0.1, 0.15) is 0 Å². The van der Waals surface area contributed by atoms with E-state index in [0.717, 1.165) is 13.1 Å². The van der Waals surface area contributed by atoms with E-state index in [1.54, 1.807) is 14.2 Å². The normalized spacial score (nSPS) is 16.9. The van der Waals surface area contributed by atoms with Gasteiger partial charge in [-0.2, -0.15) is 15.0 Å². The van der Waals surface area contributed by atoms with E-state index in [-0.39, 0.29) is 6.10 Å². The number of rotatable bonds is 6. The Bertz CT molecular complexity index is 424. The molecule has 0 spiro atoms. The topological polar surface area (TPSA) is 84.4 Å². The molecule has 1 aliphatic rings. The van der Waals surface area contributed by atoms with E-state index in [4.69, 9.17) is 9.47 Å². The molecule has 112 valence electrons. The smallest absolute Gasteiger partial charge is 0.232 e. The lowest BCUT2D eigenvalue weighted by molar-refractivity contribution is 0.122. The van der Waals surface area contributed by atoms with E-state index >= 15 is 0 Å². The van der Waals surface area contributed by atoms with Crippen LogP contribution in [0, 0.1) is 0 Å². The molecular formula is C12H22N6O2. The van der Waals surface area contributed by atoms with Crippen molar-refractivity contribution in [2.45, 2.75) is 13.0 Å². The van der Waals surface area contributed by atoms with Gasteiger partial charge in [-0.05, 0) is 6.92 Å². The predicted octanol–water partition coefficient (Wildman–Crippen LogP) is 0.197. The summed E-state index contributed by atoms with van der Waals surface area (Å²) < 4.78 is 10.5. The fourth-order valence-electron chi connectivity index (χ4n) is 1.78. The SMILES string of the molecule is CNc1nc(NCC(C)OC)nc(N2CCOCC2)n1. The molecule has 1 aromatic rings. The highest BCUT2D eigenvalue weighted by Gasteiger charge is 2.16. The van der Waals surface area contributed by atoms with Crippen molar-refractivity contribution < 1.29 is 9.47 Å². The Morgan fingerprint density at radius 2 is 1.95 bits per heavy atom. The molecule has 1 aliphatic heterocycles. The van der Waals surface area contributed by atoms with Crippen LogP contribution in [0.15, 0.2) is 0 Å². The second-order valence-corrected chi connectivity index (χ2v) is 4.56. The Kier molecular flexibility index (Phi) is 5.31. The minimum Gasteiger partial charge on any atom is -0.380 e. The van der Waals surface area contributed by atoms with Gasteiger partial charge in [0.2, 0.25) is 17.8 Å². The van der Waals surface area contributed by atoms with Crippen molar-refractivity contribution in [1.29, 1.82) is 0 Å². The summed E-state index contributed by atoms with van der Waals surface area (Å²) in [5, 5.41) is 6.12. The van der Waals surface area contributed by atoms with Crippen LogP contribution in [0.25, 0.3) is 0 Å². The van der Waals surface area contributed by atoms with Gasteiger partial charge < -0.3 is 25.0 Å². The number of morpholine rings is 1. The first-order valence-corrected chi connectivity index (χ1v) is 6.76. The van der Waals surface area contributed by atoms with Crippen LogP contribution in [0.5, 0.6) is 0 Å². The largest absolute Gasteiger partial charge is 0.380 e. The molecule has 0 radical (unpaired) electrons. The van der Waals surface area contributed by atoms with Gasteiger partial charge >= 0.3 is 0 Å². The highest BCUT2D eigenvalue weighted by atomic mass is 16.5. The molecule has 1 atom stereocenters. The van der Waals surface area contributed by atoms with Gasteiger partial charge in [-0.25, -0.2) is 0 Å².